The van der Waals surface area contributed by atoms with Crippen LogP contribution in [0.15, 0.2) is 29.4 Å². The first kappa shape index (κ1) is 19.5. The second kappa shape index (κ2) is 8.04. The monoisotopic (exact) mass is 361 g/mol. The van der Waals surface area contributed by atoms with Crippen molar-refractivity contribution < 1.29 is 9.53 Å². The Balaban J connectivity index is 2.26. The van der Waals surface area contributed by atoms with Crippen LogP contribution >= 0.6 is 11.8 Å². The Kier molecular flexibility index (Phi) is 6.27. The molecular formula is C19H27N3O2S. The highest BCUT2D eigenvalue weighted by atomic mass is 32.2. The predicted molar refractivity (Wildman–Crippen MR) is 102 cm³/mol. The summed E-state index contributed by atoms with van der Waals surface area (Å²) >= 11 is 1.38. The van der Waals surface area contributed by atoms with Crippen LogP contribution < -0.4 is 0 Å². The van der Waals surface area contributed by atoms with Gasteiger partial charge in [0.2, 0.25) is 0 Å². The summed E-state index contributed by atoms with van der Waals surface area (Å²) in [4.78, 5) is 11.9. The van der Waals surface area contributed by atoms with Crippen molar-refractivity contribution in [3.05, 3.63) is 29.8 Å². The summed E-state index contributed by atoms with van der Waals surface area (Å²) in [5, 5.41) is 9.05. The molecule has 0 amide bonds. The summed E-state index contributed by atoms with van der Waals surface area (Å²) < 4.78 is 7.10. The molecule has 0 aliphatic heterocycles. The summed E-state index contributed by atoms with van der Waals surface area (Å²) in [6.07, 6.45) is 0. The Morgan fingerprint density at radius 2 is 1.84 bits per heavy atom. The molecule has 0 aliphatic rings. The van der Waals surface area contributed by atoms with Crippen molar-refractivity contribution >= 4 is 17.7 Å². The zero-order chi connectivity index (χ0) is 18.6. The molecule has 0 saturated carbocycles. The van der Waals surface area contributed by atoms with E-state index >= 15 is 0 Å². The molecule has 2 rings (SSSR count). The lowest BCUT2D eigenvalue weighted by molar-refractivity contribution is -0.142. The van der Waals surface area contributed by atoms with Crippen LogP contribution in [0.1, 0.15) is 47.1 Å². The van der Waals surface area contributed by atoms with Gasteiger partial charge in [0.25, 0.3) is 0 Å². The van der Waals surface area contributed by atoms with Crippen LogP contribution in [0.5, 0.6) is 0 Å². The smallest absolute Gasteiger partial charge is 0.319 e. The molecular weight excluding hydrogens is 334 g/mol. The van der Waals surface area contributed by atoms with E-state index in [2.05, 4.69) is 62.2 Å². The third-order valence-corrected chi connectivity index (χ3v) is 5.00. The van der Waals surface area contributed by atoms with Gasteiger partial charge in [-0.2, -0.15) is 0 Å². The SMILES string of the molecule is CCOC(=O)C(C)Sc1nnc(-c2ccc(C(C)(C)C)cc2)n1CC. The van der Waals surface area contributed by atoms with Gasteiger partial charge in [0.1, 0.15) is 5.25 Å². The van der Waals surface area contributed by atoms with Gasteiger partial charge in [-0.15, -0.1) is 10.2 Å². The minimum Gasteiger partial charge on any atom is -0.465 e. The topological polar surface area (TPSA) is 57.0 Å². The fraction of sp³-hybridized carbons (Fsp3) is 0.526. The Bertz CT molecular complexity index is 717. The summed E-state index contributed by atoms with van der Waals surface area (Å²) in [5.74, 6) is 0.593. The number of nitrogens with zero attached hydrogens (tertiary/aromatic N) is 3. The standard InChI is InChI=1S/C19H27N3O2S/c1-7-22-16(14-9-11-15(12-10-14)19(4,5)6)20-21-18(22)25-13(3)17(23)24-8-2/h9-13H,7-8H2,1-6H3. The Morgan fingerprint density at radius 3 is 2.36 bits per heavy atom. The molecule has 1 heterocycles. The lowest BCUT2D eigenvalue weighted by Gasteiger charge is -2.19. The zero-order valence-electron chi connectivity index (χ0n) is 15.9. The molecule has 136 valence electrons. The van der Waals surface area contributed by atoms with Crippen molar-refractivity contribution in [2.45, 2.75) is 63.9 Å². The lowest BCUT2D eigenvalue weighted by Crippen LogP contribution is -2.17. The Hall–Kier alpha value is -1.82. The second-order valence-electron chi connectivity index (χ2n) is 6.89. The third-order valence-electron chi connectivity index (χ3n) is 3.94. The Labute approximate surface area is 154 Å². The molecule has 1 unspecified atom stereocenters. The molecule has 0 radical (unpaired) electrons. The number of carbonyl (C=O) groups excluding carboxylic acids is 1. The maximum atomic E-state index is 11.9. The van der Waals surface area contributed by atoms with E-state index in [0.717, 1.165) is 23.1 Å². The van der Waals surface area contributed by atoms with Crippen molar-refractivity contribution in [1.29, 1.82) is 0 Å². The minimum atomic E-state index is -0.314. The van der Waals surface area contributed by atoms with E-state index in [1.54, 1.807) is 0 Å². The highest BCUT2D eigenvalue weighted by Crippen LogP contribution is 2.29. The summed E-state index contributed by atoms with van der Waals surface area (Å²) in [7, 11) is 0. The maximum Gasteiger partial charge on any atom is 0.319 e. The van der Waals surface area contributed by atoms with E-state index in [0.29, 0.717) is 6.61 Å². The van der Waals surface area contributed by atoms with Gasteiger partial charge in [-0.3, -0.25) is 4.79 Å². The van der Waals surface area contributed by atoms with Gasteiger partial charge >= 0.3 is 5.97 Å². The molecule has 2 aromatic rings. The number of rotatable bonds is 6. The molecule has 0 saturated heterocycles. The van der Waals surface area contributed by atoms with E-state index in [9.17, 15) is 4.79 Å². The van der Waals surface area contributed by atoms with Gasteiger partial charge in [0.05, 0.1) is 6.61 Å². The normalized spacial score (nSPS) is 12.9. The first-order chi connectivity index (χ1) is 11.8. The molecule has 6 heteroatoms. The van der Waals surface area contributed by atoms with E-state index < -0.39 is 0 Å². The van der Waals surface area contributed by atoms with Gasteiger partial charge in [0, 0.05) is 12.1 Å². The summed E-state index contributed by atoms with van der Waals surface area (Å²) in [6.45, 7) is 13.4. The summed E-state index contributed by atoms with van der Waals surface area (Å²) in [5.41, 5.74) is 2.43. The molecule has 0 fully saturated rings. The molecule has 25 heavy (non-hydrogen) atoms. The Morgan fingerprint density at radius 1 is 1.20 bits per heavy atom. The number of ether oxygens (including phenoxy) is 1. The second-order valence-corrected chi connectivity index (χ2v) is 8.20. The van der Waals surface area contributed by atoms with Crippen LogP contribution in [-0.4, -0.2) is 32.6 Å². The van der Waals surface area contributed by atoms with E-state index in [4.69, 9.17) is 4.74 Å². The van der Waals surface area contributed by atoms with Crippen LogP contribution in [0.3, 0.4) is 0 Å². The lowest BCUT2D eigenvalue weighted by atomic mass is 9.87. The largest absolute Gasteiger partial charge is 0.465 e. The minimum absolute atomic E-state index is 0.118. The number of hydrogen-bond donors (Lipinski definition) is 0. The number of esters is 1. The van der Waals surface area contributed by atoms with Crippen LogP contribution in [-0.2, 0) is 21.5 Å². The van der Waals surface area contributed by atoms with Crippen molar-refractivity contribution in [1.82, 2.24) is 14.8 Å². The van der Waals surface area contributed by atoms with Crippen molar-refractivity contribution in [3.8, 4) is 11.4 Å². The average molecular weight is 362 g/mol. The predicted octanol–water partition coefficient (Wildman–Crippen LogP) is 4.31. The maximum absolute atomic E-state index is 11.9. The number of aromatic nitrogens is 3. The first-order valence-corrected chi connectivity index (χ1v) is 9.53. The van der Waals surface area contributed by atoms with Crippen LogP contribution in [0.4, 0.5) is 0 Å². The molecule has 5 nitrogen and oxygen atoms in total. The number of hydrogen-bond acceptors (Lipinski definition) is 5. The molecule has 0 aliphatic carbocycles. The van der Waals surface area contributed by atoms with Gasteiger partial charge in [0.15, 0.2) is 11.0 Å². The molecule has 0 spiro atoms. The van der Waals surface area contributed by atoms with E-state index in [1.807, 2.05) is 18.4 Å². The molecule has 1 aromatic carbocycles. The van der Waals surface area contributed by atoms with E-state index in [-0.39, 0.29) is 16.6 Å². The number of benzene rings is 1. The van der Waals surface area contributed by atoms with Gasteiger partial charge in [-0.25, -0.2) is 0 Å². The van der Waals surface area contributed by atoms with Gasteiger partial charge in [-0.1, -0.05) is 56.8 Å². The van der Waals surface area contributed by atoms with Crippen molar-refractivity contribution in [2.75, 3.05) is 6.61 Å². The van der Waals surface area contributed by atoms with Crippen LogP contribution in [0, 0.1) is 0 Å². The average Bonchev–Trinajstić information content (AvgIpc) is 2.96. The van der Waals surface area contributed by atoms with Crippen molar-refractivity contribution in [3.63, 3.8) is 0 Å². The van der Waals surface area contributed by atoms with Crippen LogP contribution in [0.25, 0.3) is 11.4 Å². The van der Waals surface area contributed by atoms with E-state index in [1.165, 1.54) is 17.3 Å². The molecule has 0 bridgehead atoms. The fourth-order valence-electron chi connectivity index (χ4n) is 2.46. The summed E-state index contributed by atoms with van der Waals surface area (Å²) in [6, 6.07) is 8.44. The fourth-order valence-corrected chi connectivity index (χ4v) is 3.37. The quantitative estimate of drug-likeness (QED) is 0.567. The highest BCUT2D eigenvalue weighted by Gasteiger charge is 2.21. The third kappa shape index (κ3) is 4.63. The zero-order valence-corrected chi connectivity index (χ0v) is 16.7. The van der Waals surface area contributed by atoms with Crippen LogP contribution in [0.2, 0.25) is 0 Å². The molecule has 1 aromatic heterocycles. The molecule has 1 atom stereocenters. The molecule has 0 N–H and O–H groups in total. The number of carbonyl (C=O) groups is 1. The number of thioether (sulfide) groups is 1. The highest BCUT2D eigenvalue weighted by molar-refractivity contribution is 8.00. The van der Waals surface area contributed by atoms with Gasteiger partial charge in [-0.05, 0) is 31.7 Å². The van der Waals surface area contributed by atoms with Crippen molar-refractivity contribution in [2.24, 2.45) is 0 Å². The first-order valence-electron chi connectivity index (χ1n) is 8.65. The van der Waals surface area contributed by atoms with Gasteiger partial charge < -0.3 is 9.30 Å².